The maximum absolute atomic E-state index is 11.5. The molecule has 1 amide bonds. The first-order chi connectivity index (χ1) is 8.70. The van der Waals surface area contributed by atoms with Crippen LogP contribution in [-0.2, 0) is 9.53 Å². The minimum atomic E-state index is -0.736. The first-order valence-corrected chi connectivity index (χ1v) is 6.92. The van der Waals surface area contributed by atoms with Crippen LogP contribution in [0, 0.1) is 0 Å². The van der Waals surface area contributed by atoms with Gasteiger partial charge in [-0.05, 0) is 40.5 Å². The monoisotopic (exact) mass is 273 g/mol. The van der Waals surface area contributed by atoms with Crippen molar-refractivity contribution in [1.82, 2.24) is 5.32 Å². The Balaban J connectivity index is 3.56. The molecule has 0 aromatic heterocycles. The van der Waals surface area contributed by atoms with E-state index in [-0.39, 0.29) is 18.6 Å². The van der Waals surface area contributed by atoms with E-state index in [9.17, 15) is 9.59 Å². The number of nitrogens with one attached hydrogen (secondary N) is 1. The number of amides is 1. The molecule has 19 heavy (non-hydrogen) atoms. The molecule has 0 aliphatic rings. The van der Waals surface area contributed by atoms with Gasteiger partial charge in [0.15, 0.2) is 0 Å². The van der Waals surface area contributed by atoms with Crippen molar-refractivity contribution >= 4 is 12.1 Å². The molecule has 0 aliphatic heterocycles. The Morgan fingerprint density at radius 1 is 1.16 bits per heavy atom. The fourth-order valence-corrected chi connectivity index (χ4v) is 1.66. The summed E-state index contributed by atoms with van der Waals surface area (Å²) in [5, 5.41) is 11.3. The highest BCUT2D eigenvalue weighted by molar-refractivity contribution is 5.68. The number of rotatable bonds is 8. The molecule has 1 atom stereocenters. The summed E-state index contributed by atoms with van der Waals surface area (Å²) in [7, 11) is 0. The van der Waals surface area contributed by atoms with E-state index >= 15 is 0 Å². The predicted octanol–water partition coefficient (Wildman–Crippen LogP) is 3.32. The highest BCUT2D eigenvalue weighted by Gasteiger charge is 2.17. The summed E-state index contributed by atoms with van der Waals surface area (Å²) in [6.45, 7) is 7.44. The molecule has 0 aliphatic carbocycles. The van der Waals surface area contributed by atoms with E-state index in [0.29, 0.717) is 0 Å². The summed E-state index contributed by atoms with van der Waals surface area (Å²) < 4.78 is 5.16. The second kappa shape index (κ2) is 8.77. The van der Waals surface area contributed by atoms with Crippen LogP contribution in [0.3, 0.4) is 0 Å². The molecule has 0 fully saturated rings. The van der Waals surface area contributed by atoms with Crippen LogP contribution in [-0.4, -0.2) is 28.8 Å². The van der Waals surface area contributed by atoms with Crippen molar-refractivity contribution in [2.75, 3.05) is 0 Å². The molecule has 0 rings (SSSR count). The van der Waals surface area contributed by atoms with Crippen LogP contribution in [0.5, 0.6) is 0 Å². The van der Waals surface area contributed by atoms with Crippen molar-refractivity contribution in [2.45, 2.75) is 77.9 Å². The number of alkyl carbamates (subject to hydrolysis) is 1. The van der Waals surface area contributed by atoms with Gasteiger partial charge in [-0.15, -0.1) is 0 Å². The summed E-state index contributed by atoms with van der Waals surface area (Å²) in [4.78, 5) is 21.8. The maximum atomic E-state index is 11.5. The zero-order valence-electron chi connectivity index (χ0n) is 12.5. The Labute approximate surface area is 115 Å². The van der Waals surface area contributed by atoms with Gasteiger partial charge in [0.1, 0.15) is 5.60 Å². The number of hydrogen-bond acceptors (Lipinski definition) is 3. The molecule has 0 saturated carbocycles. The van der Waals surface area contributed by atoms with Gasteiger partial charge in [-0.1, -0.05) is 19.3 Å². The van der Waals surface area contributed by atoms with Crippen molar-refractivity contribution < 1.29 is 19.4 Å². The lowest BCUT2D eigenvalue weighted by Crippen LogP contribution is -2.37. The molecule has 0 aromatic carbocycles. The van der Waals surface area contributed by atoms with E-state index in [1.54, 1.807) is 0 Å². The van der Waals surface area contributed by atoms with Crippen LogP contribution in [0.25, 0.3) is 0 Å². The predicted molar refractivity (Wildman–Crippen MR) is 74.2 cm³/mol. The Hall–Kier alpha value is -1.26. The van der Waals surface area contributed by atoms with Crippen molar-refractivity contribution in [2.24, 2.45) is 0 Å². The zero-order valence-corrected chi connectivity index (χ0v) is 12.5. The fraction of sp³-hybridized carbons (Fsp3) is 0.857. The highest BCUT2D eigenvalue weighted by Crippen LogP contribution is 2.09. The molecule has 5 heteroatoms. The SMILES string of the molecule is CC(CCCCCCC(=O)O)NC(=O)OC(C)(C)C. The van der Waals surface area contributed by atoms with Crippen molar-refractivity contribution in [1.29, 1.82) is 0 Å². The molecule has 112 valence electrons. The average molecular weight is 273 g/mol. The van der Waals surface area contributed by atoms with E-state index in [0.717, 1.165) is 32.1 Å². The number of carbonyl (C=O) groups excluding carboxylic acids is 1. The molecule has 0 heterocycles. The molecule has 0 spiro atoms. The molecule has 2 N–H and O–H groups in total. The van der Waals surface area contributed by atoms with Crippen molar-refractivity contribution in [3.8, 4) is 0 Å². The topological polar surface area (TPSA) is 75.6 Å². The molecular formula is C14H27NO4. The van der Waals surface area contributed by atoms with Gasteiger partial charge in [0.05, 0.1) is 0 Å². The van der Waals surface area contributed by atoms with Gasteiger partial charge in [-0.25, -0.2) is 4.79 Å². The molecular weight excluding hydrogens is 246 g/mol. The third-order valence-corrected chi connectivity index (χ3v) is 2.54. The number of carboxylic acids is 1. The first-order valence-electron chi connectivity index (χ1n) is 6.92. The number of aliphatic carboxylic acids is 1. The summed E-state index contributed by atoms with van der Waals surface area (Å²) in [5.41, 5.74) is -0.472. The minimum Gasteiger partial charge on any atom is -0.481 e. The van der Waals surface area contributed by atoms with E-state index in [2.05, 4.69) is 5.32 Å². The molecule has 0 radical (unpaired) electrons. The smallest absolute Gasteiger partial charge is 0.407 e. The number of unbranched alkanes of at least 4 members (excludes halogenated alkanes) is 3. The Morgan fingerprint density at radius 2 is 1.74 bits per heavy atom. The summed E-state index contributed by atoms with van der Waals surface area (Å²) >= 11 is 0. The van der Waals surface area contributed by atoms with Gasteiger partial charge < -0.3 is 15.2 Å². The van der Waals surface area contributed by atoms with Gasteiger partial charge in [0.25, 0.3) is 0 Å². The lowest BCUT2D eigenvalue weighted by molar-refractivity contribution is -0.137. The van der Waals surface area contributed by atoms with Crippen molar-refractivity contribution in [3.05, 3.63) is 0 Å². The molecule has 0 bridgehead atoms. The van der Waals surface area contributed by atoms with E-state index < -0.39 is 11.6 Å². The molecule has 5 nitrogen and oxygen atoms in total. The van der Waals surface area contributed by atoms with E-state index in [4.69, 9.17) is 9.84 Å². The van der Waals surface area contributed by atoms with Gasteiger partial charge in [-0.2, -0.15) is 0 Å². The third-order valence-electron chi connectivity index (χ3n) is 2.54. The Morgan fingerprint density at radius 3 is 2.26 bits per heavy atom. The number of carbonyl (C=O) groups is 2. The van der Waals surface area contributed by atoms with Gasteiger partial charge in [0, 0.05) is 12.5 Å². The van der Waals surface area contributed by atoms with E-state index in [1.807, 2.05) is 27.7 Å². The highest BCUT2D eigenvalue weighted by atomic mass is 16.6. The largest absolute Gasteiger partial charge is 0.481 e. The van der Waals surface area contributed by atoms with Crippen LogP contribution in [0.15, 0.2) is 0 Å². The van der Waals surface area contributed by atoms with Crippen LogP contribution in [0.2, 0.25) is 0 Å². The summed E-state index contributed by atoms with van der Waals surface area (Å²) in [6, 6.07) is 0.0781. The number of carboxylic acid groups (broad SMARTS) is 1. The quantitative estimate of drug-likeness (QED) is 0.665. The van der Waals surface area contributed by atoms with Crippen LogP contribution >= 0.6 is 0 Å². The third kappa shape index (κ3) is 13.0. The summed E-state index contributed by atoms with van der Waals surface area (Å²) in [5.74, 6) is -0.736. The first kappa shape index (κ1) is 17.7. The van der Waals surface area contributed by atoms with Gasteiger partial charge in [-0.3, -0.25) is 4.79 Å². The fourth-order valence-electron chi connectivity index (χ4n) is 1.66. The van der Waals surface area contributed by atoms with Crippen LogP contribution < -0.4 is 5.32 Å². The molecule has 1 unspecified atom stereocenters. The number of ether oxygens (including phenoxy) is 1. The standard InChI is InChI=1S/C14H27NO4/c1-11(15-13(18)19-14(2,3)4)9-7-5-6-8-10-12(16)17/h11H,5-10H2,1-4H3,(H,15,18)(H,16,17). The van der Waals surface area contributed by atoms with Gasteiger partial charge in [0.2, 0.25) is 0 Å². The number of hydrogen-bond donors (Lipinski definition) is 2. The average Bonchev–Trinajstić information content (AvgIpc) is 2.19. The zero-order chi connectivity index (χ0) is 14.9. The second-order valence-corrected chi connectivity index (χ2v) is 5.89. The maximum Gasteiger partial charge on any atom is 0.407 e. The Bertz CT molecular complexity index is 284. The normalized spacial score (nSPS) is 12.8. The Kier molecular flexibility index (Phi) is 8.19. The minimum absolute atomic E-state index is 0.0781. The lowest BCUT2D eigenvalue weighted by atomic mass is 10.1. The lowest BCUT2D eigenvalue weighted by Gasteiger charge is -2.21. The van der Waals surface area contributed by atoms with E-state index in [1.165, 1.54) is 0 Å². The second-order valence-electron chi connectivity index (χ2n) is 5.89. The van der Waals surface area contributed by atoms with Crippen LogP contribution in [0.4, 0.5) is 4.79 Å². The molecule has 0 aromatic rings. The van der Waals surface area contributed by atoms with Crippen LogP contribution in [0.1, 0.15) is 66.2 Å². The molecule has 0 saturated heterocycles. The summed E-state index contributed by atoms with van der Waals surface area (Å²) in [6.07, 6.45) is 4.36. The van der Waals surface area contributed by atoms with Crippen molar-refractivity contribution in [3.63, 3.8) is 0 Å². The van der Waals surface area contributed by atoms with Gasteiger partial charge >= 0.3 is 12.1 Å².